The summed E-state index contributed by atoms with van der Waals surface area (Å²) >= 11 is 1.62. The van der Waals surface area contributed by atoms with E-state index in [0.717, 1.165) is 17.5 Å². The lowest BCUT2D eigenvalue weighted by Gasteiger charge is -2.15. The Labute approximate surface area is 126 Å². The summed E-state index contributed by atoms with van der Waals surface area (Å²) in [6.45, 7) is 2.95. The first-order chi connectivity index (χ1) is 9.99. The molecule has 5 nitrogen and oxygen atoms in total. The van der Waals surface area contributed by atoms with Crippen molar-refractivity contribution < 1.29 is 9.31 Å². The smallest absolute Gasteiger partial charge is 0.274 e. The van der Waals surface area contributed by atoms with Crippen molar-refractivity contribution in [2.24, 2.45) is 0 Å². The van der Waals surface area contributed by atoms with Crippen LogP contribution in [0.5, 0.6) is 0 Å². The fourth-order valence-corrected chi connectivity index (χ4v) is 2.96. The average molecular weight is 309 g/mol. The molecule has 1 aromatic heterocycles. The van der Waals surface area contributed by atoms with Gasteiger partial charge in [0, 0.05) is 29.2 Å². The molecular formula is C14H16FN3O2S. The van der Waals surface area contributed by atoms with Crippen molar-refractivity contribution in [3.05, 3.63) is 55.8 Å². The first-order valence-electron chi connectivity index (χ1n) is 6.54. The second-order valence-electron chi connectivity index (χ2n) is 4.78. The van der Waals surface area contributed by atoms with Crippen LogP contribution in [-0.2, 0) is 19.5 Å². The van der Waals surface area contributed by atoms with Gasteiger partial charge >= 0.3 is 0 Å². The van der Waals surface area contributed by atoms with E-state index in [9.17, 15) is 14.5 Å². The van der Waals surface area contributed by atoms with Gasteiger partial charge in [0.2, 0.25) is 0 Å². The molecule has 0 aliphatic carbocycles. The number of nitro benzene ring substituents is 1. The Kier molecular flexibility index (Phi) is 4.98. The van der Waals surface area contributed by atoms with Crippen LogP contribution in [0.25, 0.3) is 0 Å². The molecule has 112 valence electrons. The van der Waals surface area contributed by atoms with E-state index < -0.39 is 10.7 Å². The van der Waals surface area contributed by atoms with Crippen LogP contribution in [0.3, 0.4) is 0 Å². The lowest BCUT2D eigenvalue weighted by Crippen LogP contribution is -2.18. The summed E-state index contributed by atoms with van der Waals surface area (Å²) in [7, 11) is 1.83. The molecule has 0 fully saturated rings. The van der Waals surface area contributed by atoms with Crippen molar-refractivity contribution in [3.8, 4) is 0 Å². The highest BCUT2D eigenvalue weighted by Crippen LogP contribution is 2.22. The second kappa shape index (κ2) is 6.73. The number of hydrogen-bond donors (Lipinski definition) is 0. The number of hydrogen-bond acceptors (Lipinski definition) is 5. The molecule has 2 aromatic rings. The zero-order chi connectivity index (χ0) is 15.4. The lowest BCUT2D eigenvalue weighted by molar-refractivity contribution is -0.385. The molecule has 7 heteroatoms. The summed E-state index contributed by atoms with van der Waals surface area (Å²) < 4.78 is 13.3. The third kappa shape index (κ3) is 4.05. The number of aryl methyl sites for hydroxylation is 1. The van der Waals surface area contributed by atoms with Gasteiger partial charge in [0.25, 0.3) is 5.69 Å². The minimum atomic E-state index is -0.485. The molecule has 0 amide bonds. The SMILES string of the molecule is CCc1cnc(CN(C)Cc2cc(F)ccc2[N+](=O)[O-])s1. The maximum Gasteiger partial charge on any atom is 0.274 e. The summed E-state index contributed by atoms with van der Waals surface area (Å²) in [4.78, 5) is 17.9. The monoisotopic (exact) mass is 309 g/mol. The van der Waals surface area contributed by atoms with Gasteiger partial charge in [0.1, 0.15) is 10.8 Å². The van der Waals surface area contributed by atoms with Gasteiger partial charge in [0.15, 0.2) is 0 Å². The fourth-order valence-electron chi connectivity index (χ4n) is 2.02. The number of benzene rings is 1. The van der Waals surface area contributed by atoms with Gasteiger partial charge in [-0.15, -0.1) is 11.3 Å². The van der Waals surface area contributed by atoms with Crippen molar-refractivity contribution in [3.63, 3.8) is 0 Å². The molecular weight excluding hydrogens is 293 g/mol. The number of thiazole rings is 1. The maximum atomic E-state index is 13.3. The molecule has 0 spiro atoms. The van der Waals surface area contributed by atoms with Crippen LogP contribution in [0.2, 0.25) is 0 Å². The average Bonchev–Trinajstić information content (AvgIpc) is 2.85. The molecule has 0 unspecified atom stereocenters. The van der Waals surface area contributed by atoms with Gasteiger partial charge in [0.05, 0.1) is 11.5 Å². The van der Waals surface area contributed by atoms with Crippen molar-refractivity contribution in [1.82, 2.24) is 9.88 Å². The molecule has 0 aliphatic heterocycles. The maximum absolute atomic E-state index is 13.3. The Morgan fingerprint density at radius 1 is 1.43 bits per heavy atom. The molecule has 0 saturated heterocycles. The van der Waals surface area contributed by atoms with E-state index in [0.29, 0.717) is 18.7 Å². The Morgan fingerprint density at radius 2 is 2.19 bits per heavy atom. The van der Waals surface area contributed by atoms with Gasteiger partial charge in [-0.3, -0.25) is 15.0 Å². The second-order valence-corrected chi connectivity index (χ2v) is 5.98. The van der Waals surface area contributed by atoms with Crippen LogP contribution >= 0.6 is 11.3 Å². The van der Waals surface area contributed by atoms with E-state index >= 15 is 0 Å². The van der Waals surface area contributed by atoms with Crippen LogP contribution in [-0.4, -0.2) is 21.9 Å². The lowest BCUT2D eigenvalue weighted by atomic mass is 10.1. The summed E-state index contributed by atoms with van der Waals surface area (Å²) in [6, 6.07) is 3.53. The van der Waals surface area contributed by atoms with Gasteiger partial charge in [-0.2, -0.15) is 0 Å². The summed E-state index contributed by atoms with van der Waals surface area (Å²) in [5, 5.41) is 11.9. The van der Waals surface area contributed by atoms with Gasteiger partial charge in [-0.25, -0.2) is 9.37 Å². The van der Waals surface area contributed by atoms with E-state index in [1.54, 1.807) is 11.3 Å². The van der Waals surface area contributed by atoms with Crippen LogP contribution in [0, 0.1) is 15.9 Å². The van der Waals surface area contributed by atoms with Gasteiger partial charge < -0.3 is 0 Å². The molecule has 1 heterocycles. The molecule has 0 N–H and O–H groups in total. The van der Waals surface area contributed by atoms with Crippen molar-refractivity contribution in [1.29, 1.82) is 0 Å². The van der Waals surface area contributed by atoms with Crippen molar-refractivity contribution in [2.45, 2.75) is 26.4 Å². The highest BCUT2D eigenvalue weighted by atomic mass is 32.1. The van der Waals surface area contributed by atoms with E-state index in [1.807, 2.05) is 18.1 Å². The van der Waals surface area contributed by atoms with Crippen LogP contribution < -0.4 is 0 Å². The van der Waals surface area contributed by atoms with Crippen molar-refractivity contribution in [2.75, 3.05) is 7.05 Å². The third-order valence-corrected chi connectivity index (χ3v) is 4.16. The van der Waals surface area contributed by atoms with Crippen LogP contribution in [0.4, 0.5) is 10.1 Å². The number of halogens is 1. The molecule has 0 radical (unpaired) electrons. The third-order valence-electron chi connectivity index (χ3n) is 3.03. The predicted octanol–water partition coefficient (Wildman–Crippen LogP) is 3.38. The summed E-state index contributed by atoms with van der Waals surface area (Å²) in [6.07, 6.45) is 2.79. The van der Waals surface area contributed by atoms with E-state index in [1.165, 1.54) is 17.0 Å². The normalized spacial score (nSPS) is 11.0. The molecule has 21 heavy (non-hydrogen) atoms. The molecule has 0 saturated carbocycles. The minimum absolute atomic E-state index is 0.0587. The Hall–Kier alpha value is -1.86. The standard InChI is InChI=1S/C14H16FN3O2S/c1-3-12-7-16-14(21-12)9-17(2)8-10-6-11(15)4-5-13(10)18(19)20/h4-7H,3,8-9H2,1-2H3. The minimum Gasteiger partial charge on any atom is -0.295 e. The largest absolute Gasteiger partial charge is 0.295 e. The first-order valence-corrected chi connectivity index (χ1v) is 7.36. The number of aromatic nitrogens is 1. The Balaban J connectivity index is 2.10. The fraction of sp³-hybridized carbons (Fsp3) is 0.357. The number of rotatable bonds is 6. The molecule has 1 aromatic carbocycles. The zero-order valence-corrected chi connectivity index (χ0v) is 12.7. The van der Waals surface area contributed by atoms with E-state index in [4.69, 9.17) is 0 Å². The van der Waals surface area contributed by atoms with Gasteiger partial charge in [-0.1, -0.05) is 6.92 Å². The topological polar surface area (TPSA) is 59.3 Å². The zero-order valence-electron chi connectivity index (χ0n) is 11.9. The predicted molar refractivity (Wildman–Crippen MR) is 79.7 cm³/mol. The molecule has 0 bridgehead atoms. The Morgan fingerprint density at radius 3 is 2.81 bits per heavy atom. The highest BCUT2D eigenvalue weighted by molar-refractivity contribution is 7.11. The van der Waals surface area contributed by atoms with E-state index in [2.05, 4.69) is 11.9 Å². The highest BCUT2D eigenvalue weighted by Gasteiger charge is 2.16. The molecule has 0 aliphatic rings. The van der Waals surface area contributed by atoms with Crippen LogP contribution in [0.15, 0.2) is 24.4 Å². The summed E-state index contributed by atoms with van der Waals surface area (Å²) in [5.41, 5.74) is 0.311. The summed E-state index contributed by atoms with van der Waals surface area (Å²) in [5.74, 6) is -0.466. The van der Waals surface area contributed by atoms with Crippen LogP contribution in [0.1, 0.15) is 22.4 Å². The molecule has 2 rings (SSSR count). The Bertz CT molecular complexity index is 645. The van der Waals surface area contributed by atoms with Gasteiger partial charge in [-0.05, 0) is 25.6 Å². The quantitative estimate of drug-likeness (QED) is 0.606. The number of nitrogens with zero attached hydrogens (tertiary/aromatic N) is 3. The number of nitro groups is 1. The molecule has 0 atom stereocenters. The first kappa shape index (κ1) is 15.5. The van der Waals surface area contributed by atoms with E-state index in [-0.39, 0.29) is 5.69 Å². The van der Waals surface area contributed by atoms with Crippen molar-refractivity contribution >= 4 is 17.0 Å².